The van der Waals surface area contributed by atoms with Gasteiger partial charge in [-0.1, -0.05) is 0 Å². The van der Waals surface area contributed by atoms with Gasteiger partial charge in [0.15, 0.2) is 0 Å². The third-order valence-corrected chi connectivity index (χ3v) is 4.10. The third kappa shape index (κ3) is 2.52. The van der Waals surface area contributed by atoms with E-state index in [1.54, 1.807) is 54.5 Å². The molecule has 0 bridgehead atoms. The van der Waals surface area contributed by atoms with Gasteiger partial charge in [-0.25, -0.2) is 4.98 Å². The number of nitrogens with zero attached hydrogens (tertiary/aromatic N) is 4. The maximum absolute atomic E-state index is 12.8. The van der Waals surface area contributed by atoms with E-state index < -0.39 is 0 Å². The van der Waals surface area contributed by atoms with Crippen LogP contribution in [0.15, 0.2) is 52.4 Å². The number of ether oxygens (including phenoxy) is 1. The van der Waals surface area contributed by atoms with E-state index in [2.05, 4.69) is 15.2 Å². The normalized spacial score (nSPS) is 11.4. The largest absolute Gasteiger partial charge is 0.383 e. The first-order chi connectivity index (χ1) is 12.2. The van der Waals surface area contributed by atoms with Gasteiger partial charge < -0.3 is 9.30 Å². The van der Waals surface area contributed by atoms with Crippen LogP contribution in [0, 0.1) is 0 Å². The fourth-order valence-electron chi connectivity index (χ4n) is 2.80. The molecular formula is C17H15N5O3. The number of aromatic nitrogens is 5. The molecule has 0 aliphatic heterocycles. The molecule has 0 aliphatic rings. The summed E-state index contributed by atoms with van der Waals surface area (Å²) < 4.78 is 8.01. The SMILES string of the molecule is COCCn1ccc2nc3ccn(-c4ccn[nH]4)c(=O)c3cc2c1=O. The molecule has 4 aromatic rings. The second-order valence-corrected chi connectivity index (χ2v) is 5.59. The van der Waals surface area contributed by atoms with Crippen molar-refractivity contribution in [2.75, 3.05) is 13.7 Å². The first-order valence-electron chi connectivity index (χ1n) is 7.73. The van der Waals surface area contributed by atoms with Crippen molar-refractivity contribution < 1.29 is 4.74 Å². The summed E-state index contributed by atoms with van der Waals surface area (Å²) in [6, 6.07) is 6.82. The summed E-state index contributed by atoms with van der Waals surface area (Å²) in [5.41, 5.74) is 0.648. The van der Waals surface area contributed by atoms with Crippen molar-refractivity contribution in [3.05, 3.63) is 63.6 Å². The van der Waals surface area contributed by atoms with Gasteiger partial charge in [-0.15, -0.1) is 0 Å². The smallest absolute Gasteiger partial charge is 0.265 e. The van der Waals surface area contributed by atoms with Crippen LogP contribution in [0.4, 0.5) is 0 Å². The topological polar surface area (TPSA) is 94.8 Å². The minimum Gasteiger partial charge on any atom is -0.383 e. The van der Waals surface area contributed by atoms with Gasteiger partial charge in [0, 0.05) is 32.1 Å². The van der Waals surface area contributed by atoms with Gasteiger partial charge >= 0.3 is 0 Å². The number of H-pyrrole nitrogens is 1. The molecule has 0 saturated carbocycles. The molecule has 0 aliphatic carbocycles. The molecule has 0 aromatic carbocycles. The number of fused-ring (bicyclic) bond motifs is 2. The van der Waals surface area contributed by atoms with E-state index >= 15 is 0 Å². The lowest BCUT2D eigenvalue weighted by Gasteiger charge is -2.08. The second kappa shape index (κ2) is 5.99. The van der Waals surface area contributed by atoms with Crippen molar-refractivity contribution >= 4 is 21.8 Å². The summed E-state index contributed by atoms with van der Waals surface area (Å²) >= 11 is 0. The number of rotatable bonds is 4. The second-order valence-electron chi connectivity index (χ2n) is 5.59. The minimum atomic E-state index is -0.261. The highest BCUT2D eigenvalue weighted by molar-refractivity contribution is 5.91. The standard InChI is InChI=1S/C17H15N5O3/c1-25-9-8-21-6-3-13-11(16(21)23)10-12-14(19-13)4-7-22(17(12)24)15-2-5-18-20-15/h2-7,10H,8-9H2,1H3,(H,18,20). The van der Waals surface area contributed by atoms with Gasteiger partial charge in [0.1, 0.15) is 5.82 Å². The third-order valence-electron chi connectivity index (χ3n) is 4.10. The molecule has 4 heterocycles. The van der Waals surface area contributed by atoms with Crippen LogP contribution in [0.1, 0.15) is 0 Å². The molecule has 0 saturated heterocycles. The number of methoxy groups -OCH3 is 1. The predicted molar refractivity (Wildman–Crippen MR) is 93.1 cm³/mol. The summed E-state index contributed by atoms with van der Waals surface area (Å²) in [6.07, 6.45) is 4.89. The van der Waals surface area contributed by atoms with Crippen molar-refractivity contribution in [3.63, 3.8) is 0 Å². The summed E-state index contributed by atoms with van der Waals surface area (Å²) in [4.78, 5) is 29.9. The fourth-order valence-corrected chi connectivity index (χ4v) is 2.80. The Kier molecular flexibility index (Phi) is 3.66. The Morgan fingerprint density at radius 3 is 2.56 bits per heavy atom. The average molecular weight is 337 g/mol. The number of hydrogen-bond donors (Lipinski definition) is 1. The average Bonchev–Trinajstić information content (AvgIpc) is 3.15. The van der Waals surface area contributed by atoms with Crippen molar-refractivity contribution in [1.82, 2.24) is 24.3 Å². The molecule has 4 rings (SSSR count). The first-order valence-corrected chi connectivity index (χ1v) is 7.73. The van der Waals surface area contributed by atoms with E-state index in [9.17, 15) is 9.59 Å². The van der Waals surface area contributed by atoms with Crippen LogP contribution in [0.5, 0.6) is 0 Å². The van der Waals surface area contributed by atoms with E-state index in [0.717, 1.165) is 0 Å². The van der Waals surface area contributed by atoms with Crippen molar-refractivity contribution in [3.8, 4) is 5.82 Å². The minimum absolute atomic E-state index is 0.194. The van der Waals surface area contributed by atoms with E-state index in [-0.39, 0.29) is 11.1 Å². The zero-order valence-corrected chi connectivity index (χ0v) is 13.5. The molecule has 0 spiro atoms. The van der Waals surface area contributed by atoms with Gasteiger partial charge in [0.2, 0.25) is 0 Å². The molecule has 0 amide bonds. The van der Waals surface area contributed by atoms with E-state index in [4.69, 9.17) is 4.74 Å². The highest BCUT2D eigenvalue weighted by Gasteiger charge is 2.11. The van der Waals surface area contributed by atoms with Crippen LogP contribution in [-0.4, -0.2) is 38.0 Å². The van der Waals surface area contributed by atoms with Gasteiger partial charge in [0.05, 0.1) is 34.6 Å². The van der Waals surface area contributed by atoms with Crippen molar-refractivity contribution in [2.24, 2.45) is 0 Å². The molecule has 25 heavy (non-hydrogen) atoms. The molecular weight excluding hydrogens is 322 g/mol. The van der Waals surface area contributed by atoms with Crippen LogP contribution in [0.2, 0.25) is 0 Å². The fraction of sp³-hybridized carbons (Fsp3) is 0.176. The van der Waals surface area contributed by atoms with E-state index in [1.165, 1.54) is 4.57 Å². The van der Waals surface area contributed by atoms with E-state index in [0.29, 0.717) is 40.8 Å². The molecule has 4 aromatic heterocycles. The van der Waals surface area contributed by atoms with Crippen molar-refractivity contribution in [1.29, 1.82) is 0 Å². The first kappa shape index (κ1) is 15.3. The summed E-state index contributed by atoms with van der Waals surface area (Å²) in [6.45, 7) is 0.871. The lowest BCUT2D eigenvalue weighted by molar-refractivity contribution is 0.186. The van der Waals surface area contributed by atoms with E-state index in [1.807, 2.05) is 0 Å². The number of aromatic amines is 1. The van der Waals surface area contributed by atoms with Crippen molar-refractivity contribution in [2.45, 2.75) is 6.54 Å². The molecule has 0 radical (unpaired) electrons. The van der Waals surface area contributed by atoms with Crippen LogP contribution in [0.25, 0.3) is 27.6 Å². The molecule has 0 unspecified atom stereocenters. The highest BCUT2D eigenvalue weighted by atomic mass is 16.5. The summed E-state index contributed by atoms with van der Waals surface area (Å²) in [5.74, 6) is 0.553. The van der Waals surface area contributed by atoms with Gasteiger partial charge in [0.25, 0.3) is 11.1 Å². The Morgan fingerprint density at radius 2 is 1.84 bits per heavy atom. The van der Waals surface area contributed by atoms with Gasteiger partial charge in [-0.3, -0.25) is 19.3 Å². The number of pyridine rings is 3. The Morgan fingerprint density at radius 1 is 1.08 bits per heavy atom. The maximum Gasteiger partial charge on any atom is 0.265 e. The Balaban J connectivity index is 1.97. The monoisotopic (exact) mass is 337 g/mol. The predicted octanol–water partition coefficient (Wildman–Crippen LogP) is 1.07. The van der Waals surface area contributed by atoms with Crippen LogP contribution < -0.4 is 11.1 Å². The lowest BCUT2D eigenvalue weighted by atomic mass is 10.2. The zero-order chi connectivity index (χ0) is 17.4. The lowest BCUT2D eigenvalue weighted by Crippen LogP contribution is -2.23. The highest BCUT2D eigenvalue weighted by Crippen LogP contribution is 2.15. The summed E-state index contributed by atoms with van der Waals surface area (Å²) in [5, 5.41) is 7.40. The molecule has 0 atom stereocenters. The van der Waals surface area contributed by atoms with Gasteiger partial charge in [-0.2, -0.15) is 5.10 Å². The van der Waals surface area contributed by atoms with Gasteiger partial charge in [-0.05, 0) is 18.2 Å². The molecule has 0 fully saturated rings. The number of nitrogens with one attached hydrogen (secondary N) is 1. The van der Waals surface area contributed by atoms with Crippen LogP contribution >= 0.6 is 0 Å². The molecule has 1 N–H and O–H groups in total. The molecule has 8 nitrogen and oxygen atoms in total. The number of hydrogen-bond acceptors (Lipinski definition) is 5. The Labute approximate surface area is 141 Å². The zero-order valence-electron chi connectivity index (χ0n) is 13.5. The van der Waals surface area contributed by atoms with Crippen LogP contribution in [-0.2, 0) is 11.3 Å². The maximum atomic E-state index is 12.8. The Bertz CT molecular complexity index is 1170. The summed E-state index contributed by atoms with van der Waals surface area (Å²) in [7, 11) is 1.58. The Hall–Kier alpha value is -3.26. The molecule has 126 valence electrons. The quantitative estimate of drug-likeness (QED) is 0.562. The van der Waals surface area contributed by atoms with Crippen LogP contribution in [0.3, 0.4) is 0 Å². The molecule has 8 heteroatoms.